The fourth-order valence-corrected chi connectivity index (χ4v) is 3.10. The van der Waals surface area contributed by atoms with Crippen LogP contribution in [0.1, 0.15) is 23.3 Å². The first-order chi connectivity index (χ1) is 8.70. The Kier molecular flexibility index (Phi) is 4.47. The number of likely N-dealkylation sites (tertiary alicyclic amines) is 1. The number of pyridine rings is 1. The van der Waals surface area contributed by atoms with E-state index in [0.29, 0.717) is 17.4 Å². The second-order valence-corrected chi connectivity index (χ2v) is 5.57. The van der Waals surface area contributed by atoms with Crippen LogP contribution in [-0.2, 0) is 0 Å². The molecule has 2 N–H and O–H groups in total. The third-order valence-electron chi connectivity index (χ3n) is 3.20. The van der Waals surface area contributed by atoms with E-state index in [0.717, 1.165) is 25.3 Å². The molecule has 0 aromatic carbocycles. The van der Waals surface area contributed by atoms with Gasteiger partial charge >= 0.3 is 0 Å². The molecule has 1 atom stereocenters. The zero-order valence-electron chi connectivity index (χ0n) is 10.6. The maximum absolute atomic E-state index is 12.3. The van der Waals surface area contributed by atoms with E-state index < -0.39 is 0 Å². The summed E-state index contributed by atoms with van der Waals surface area (Å²) in [7, 11) is 0. The number of nitrogen functional groups attached to an aromatic ring is 1. The lowest BCUT2D eigenvalue weighted by Crippen LogP contribution is -2.41. The quantitative estimate of drug-likeness (QED) is 0.906. The second kappa shape index (κ2) is 6.09. The highest BCUT2D eigenvalue weighted by atomic mass is 32.2. The number of amides is 1. The topological polar surface area (TPSA) is 59.2 Å². The van der Waals surface area contributed by atoms with Gasteiger partial charge in [-0.2, -0.15) is 11.8 Å². The Morgan fingerprint density at radius 2 is 2.44 bits per heavy atom. The smallest absolute Gasteiger partial charge is 0.272 e. The van der Waals surface area contributed by atoms with Crippen molar-refractivity contribution in [2.45, 2.75) is 12.8 Å². The van der Waals surface area contributed by atoms with Gasteiger partial charge in [0, 0.05) is 13.1 Å². The Balaban J connectivity index is 2.04. The first-order valence-electron chi connectivity index (χ1n) is 6.21. The largest absolute Gasteiger partial charge is 0.384 e. The molecule has 5 heteroatoms. The number of carbonyl (C=O) groups is 1. The number of nitrogens with zero attached hydrogens (tertiary/aromatic N) is 2. The van der Waals surface area contributed by atoms with Crippen LogP contribution in [0.4, 0.5) is 5.82 Å². The van der Waals surface area contributed by atoms with Crippen LogP contribution >= 0.6 is 11.8 Å². The number of thioether (sulfide) groups is 1. The van der Waals surface area contributed by atoms with Crippen LogP contribution in [0.15, 0.2) is 18.2 Å². The highest BCUT2D eigenvalue weighted by molar-refractivity contribution is 7.98. The molecule has 1 aliphatic heterocycles. The van der Waals surface area contributed by atoms with Crippen LogP contribution in [0.25, 0.3) is 0 Å². The maximum atomic E-state index is 12.3. The minimum atomic E-state index is 0.00750. The molecule has 1 aromatic rings. The summed E-state index contributed by atoms with van der Waals surface area (Å²) in [4.78, 5) is 18.3. The first-order valence-corrected chi connectivity index (χ1v) is 7.61. The van der Waals surface area contributed by atoms with E-state index in [1.165, 1.54) is 6.42 Å². The van der Waals surface area contributed by atoms with Crippen molar-refractivity contribution >= 4 is 23.5 Å². The average molecular weight is 265 g/mol. The summed E-state index contributed by atoms with van der Waals surface area (Å²) < 4.78 is 0. The molecular formula is C13H19N3OS. The van der Waals surface area contributed by atoms with Crippen molar-refractivity contribution in [1.82, 2.24) is 9.88 Å². The normalized spacial score (nSPS) is 19.8. The molecule has 1 unspecified atom stereocenters. The Hall–Kier alpha value is -1.23. The Bertz CT molecular complexity index is 422. The number of hydrogen-bond donors (Lipinski definition) is 1. The summed E-state index contributed by atoms with van der Waals surface area (Å²) in [5, 5.41) is 0. The number of aromatic nitrogens is 1. The number of piperidine rings is 1. The highest BCUT2D eigenvalue weighted by Gasteiger charge is 2.24. The fraction of sp³-hybridized carbons (Fsp3) is 0.538. The first kappa shape index (κ1) is 13.2. The molecule has 18 heavy (non-hydrogen) atoms. The van der Waals surface area contributed by atoms with Crippen LogP contribution in [0.3, 0.4) is 0 Å². The molecule has 2 rings (SSSR count). The predicted octanol–water partition coefficient (Wildman–Crippen LogP) is 1.88. The Labute approximate surface area is 112 Å². The summed E-state index contributed by atoms with van der Waals surface area (Å²) in [6.07, 6.45) is 4.41. The van der Waals surface area contributed by atoms with Crippen molar-refractivity contribution < 1.29 is 4.79 Å². The van der Waals surface area contributed by atoms with Gasteiger partial charge in [0.15, 0.2) is 0 Å². The van der Waals surface area contributed by atoms with Gasteiger partial charge in [0.25, 0.3) is 5.91 Å². The van der Waals surface area contributed by atoms with Crippen LogP contribution in [0, 0.1) is 5.92 Å². The number of carbonyl (C=O) groups excluding carboxylic acids is 1. The summed E-state index contributed by atoms with van der Waals surface area (Å²) >= 11 is 1.85. The molecule has 0 radical (unpaired) electrons. The van der Waals surface area contributed by atoms with Crippen molar-refractivity contribution in [1.29, 1.82) is 0 Å². The molecular weight excluding hydrogens is 246 g/mol. The van der Waals surface area contributed by atoms with E-state index in [1.807, 2.05) is 16.7 Å². The average Bonchev–Trinajstić information content (AvgIpc) is 2.39. The SMILES string of the molecule is CSCC1CCCN(C(=O)c2cccc(N)n2)C1. The van der Waals surface area contributed by atoms with Gasteiger partial charge in [-0.3, -0.25) is 4.79 Å². The van der Waals surface area contributed by atoms with Crippen LogP contribution in [-0.4, -0.2) is 40.9 Å². The zero-order chi connectivity index (χ0) is 13.0. The molecule has 0 aliphatic carbocycles. The van der Waals surface area contributed by atoms with E-state index in [9.17, 15) is 4.79 Å². The van der Waals surface area contributed by atoms with Crippen molar-refractivity contribution in [3.8, 4) is 0 Å². The van der Waals surface area contributed by atoms with Crippen LogP contribution in [0.2, 0.25) is 0 Å². The van der Waals surface area contributed by atoms with Crippen LogP contribution in [0.5, 0.6) is 0 Å². The van der Waals surface area contributed by atoms with Crippen molar-refractivity contribution in [2.24, 2.45) is 5.92 Å². The minimum absolute atomic E-state index is 0.00750. The summed E-state index contributed by atoms with van der Waals surface area (Å²) in [6.45, 7) is 1.68. The van der Waals surface area contributed by atoms with Gasteiger partial charge in [-0.15, -0.1) is 0 Å². The van der Waals surface area contributed by atoms with E-state index in [4.69, 9.17) is 5.73 Å². The van der Waals surface area contributed by atoms with Crippen molar-refractivity contribution in [3.05, 3.63) is 23.9 Å². The van der Waals surface area contributed by atoms with E-state index in [1.54, 1.807) is 18.2 Å². The highest BCUT2D eigenvalue weighted by Crippen LogP contribution is 2.21. The van der Waals surface area contributed by atoms with Crippen LogP contribution < -0.4 is 5.73 Å². The number of anilines is 1. The summed E-state index contributed by atoms with van der Waals surface area (Å²) in [5.41, 5.74) is 6.07. The number of hydrogen-bond acceptors (Lipinski definition) is 4. The van der Waals surface area contributed by atoms with E-state index >= 15 is 0 Å². The molecule has 1 aromatic heterocycles. The van der Waals surface area contributed by atoms with Gasteiger partial charge in [0.1, 0.15) is 11.5 Å². The maximum Gasteiger partial charge on any atom is 0.272 e. The summed E-state index contributed by atoms with van der Waals surface area (Å²) in [5.74, 6) is 2.14. The molecule has 2 heterocycles. The van der Waals surface area contributed by atoms with Gasteiger partial charge in [0.2, 0.25) is 0 Å². The Morgan fingerprint density at radius 3 is 3.17 bits per heavy atom. The molecule has 1 aliphatic rings. The Morgan fingerprint density at radius 1 is 1.61 bits per heavy atom. The van der Waals surface area contributed by atoms with E-state index in [2.05, 4.69) is 11.2 Å². The molecule has 1 fully saturated rings. The lowest BCUT2D eigenvalue weighted by molar-refractivity contribution is 0.0679. The number of rotatable bonds is 3. The molecule has 0 saturated carbocycles. The molecule has 98 valence electrons. The number of nitrogens with two attached hydrogens (primary N) is 1. The van der Waals surface area contributed by atoms with Gasteiger partial charge in [0.05, 0.1) is 0 Å². The van der Waals surface area contributed by atoms with Gasteiger partial charge in [-0.05, 0) is 42.9 Å². The monoisotopic (exact) mass is 265 g/mol. The molecule has 1 saturated heterocycles. The van der Waals surface area contributed by atoms with Gasteiger partial charge in [-0.25, -0.2) is 4.98 Å². The third-order valence-corrected chi connectivity index (χ3v) is 4.00. The standard InChI is InChI=1S/C13H19N3OS/c1-18-9-10-4-3-7-16(8-10)13(17)11-5-2-6-12(14)15-11/h2,5-6,10H,3-4,7-9H2,1H3,(H2,14,15). The third kappa shape index (κ3) is 3.16. The molecule has 0 spiro atoms. The predicted molar refractivity (Wildman–Crippen MR) is 75.7 cm³/mol. The van der Waals surface area contributed by atoms with Crippen molar-refractivity contribution in [2.75, 3.05) is 30.8 Å². The van der Waals surface area contributed by atoms with Gasteiger partial charge < -0.3 is 10.6 Å². The zero-order valence-corrected chi connectivity index (χ0v) is 11.4. The molecule has 0 bridgehead atoms. The minimum Gasteiger partial charge on any atom is -0.384 e. The van der Waals surface area contributed by atoms with Crippen molar-refractivity contribution in [3.63, 3.8) is 0 Å². The summed E-state index contributed by atoms with van der Waals surface area (Å²) in [6, 6.07) is 5.21. The molecule has 1 amide bonds. The van der Waals surface area contributed by atoms with E-state index in [-0.39, 0.29) is 5.91 Å². The lowest BCUT2D eigenvalue weighted by Gasteiger charge is -2.32. The lowest BCUT2D eigenvalue weighted by atomic mass is 10.00. The fourth-order valence-electron chi connectivity index (χ4n) is 2.35. The van der Waals surface area contributed by atoms with Gasteiger partial charge in [-0.1, -0.05) is 6.07 Å². The second-order valence-electron chi connectivity index (χ2n) is 4.66. The molecule has 4 nitrogen and oxygen atoms in total.